The van der Waals surface area contributed by atoms with E-state index in [1.54, 1.807) is 0 Å². The van der Waals surface area contributed by atoms with E-state index in [2.05, 4.69) is 25.7 Å². The molecular formula is C33H69NO3. The van der Waals surface area contributed by atoms with Crippen LogP contribution in [0.25, 0.3) is 0 Å². The lowest BCUT2D eigenvalue weighted by atomic mass is 10.0. The topological polar surface area (TPSA) is 52.9 Å². The van der Waals surface area contributed by atoms with Crippen LogP contribution >= 0.6 is 0 Å². The van der Waals surface area contributed by atoms with Crippen molar-refractivity contribution >= 4 is 0 Å². The van der Waals surface area contributed by atoms with Crippen molar-refractivity contribution in [2.45, 2.75) is 187 Å². The monoisotopic (exact) mass is 528 g/mol. The van der Waals surface area contributed by atoms with Crippen molar-refractivity contribution in [3.8, 4) is 0 Å². The third-order valence-corrected chi connectivity index (χ3v) is 7.78. The summed E-state index contributed by atoms with van der Waals surface area (Å²) in [5.74, 6) is 0. The van der Waals surface area contributed by atoms with Gasteiger partial charge in [0.05, 0.1) is 12.7 Å². The van der Waals surface area contributed by atoms with E-state index < -0.39 is 6.29 Å². The van der Waals surface area contributed by atoms with E-state index in [9.17, 15) is 10.2 Å². The molecule has 1 unspecified atom stereocenters. The van der Waals surface area contributed by atoms with Crippen LogP contribution in [0.2, 0.25) is 0 Å². The van der Waals surface area contributed by atoms with Gasteiger partial charge in [-0.25, -0.2) is 0 Å². The number of aliphatic hydroxyl groups excluding tert-OH is 2. The van der Waals surface area contributed by atoms with Crippen LogP contribution in [0.3, 0.4) is 0 Å². The summed E-state index contributed by atoms with van der Waals surface area (Å²) in [4.78, 5) is 2.43. The Morgan fingerprint density at radius 2 is 0.865 bits per heavy atom. The maximum absolute atomic E-state index is 10.6. The summed E-state index contributed by atoms with van der Waals surface area (Å²) in [6.07, 6.45) is 29.5. The number of hydrogen-bond acceptors (Lipinski definition) is 4. The van der Waals surface area contributed by atoms with E-state index in [0.717, 1.165) is 45.3 Å². The minimum Gasteiger partial charge on any atom is -0.395 e. The molecule has 2 N–H and O–H groups in total. The highest BCUT2D eigenvalue weighted by Gasteiger charge is 2.14. The Morgan fingerprint density at radius 1 is 0.486 bits per heavy atom. The van der Waals surface area contributed by atoms with Crippen LogP contribution in [-0.4, -0.2) is 53.7 Å². The van der Waals surface area contributed by atoms with E-state index >= 15 is 0 Å². The second kappa shape index (κ2) is 30.4. The van der Waals surface area contributed by atoms with Crippen LogP contribution in [0, 0.1) is 0 Å². The Labute approximate surface area is 233 Å². The molecule has 0 radical (unpaired) electrons. The average Bonchev–Trinajstić information content (AvgIpc) is 2.89. The minimum atomic E-state index is -0.589. The number of unbranched alkanes of at least 4 members (excludes halogenated alkanes) is 17. The van der Waals surface area contributed by atoms with Crippen LogP contribution in [0.1, 0.15) is 175 Å². The standard InChI is InChI=1S/C33H69NO3/c1-4-7-10-13-16-20-25-32(26-21-17-14-11-8-5-2)37-33(36)27-22-18-15-19-24-29-34(30-31-35)28-23-12-9-6-3/h32-33,35-36H,4-31H2,1-3H3. The molecule has 0 rings (SSSR count). The van der Waals surface area contributed by atoms with Crippen molar-refractivity contribution in [1.82, 2.24) is 4.90 Å². The van der Waals surface area contributed by atoms with Gasteiger partial charge in [-0.15, -0.1) is 0 Å². The lowest BCUT2D eigenvalue weighted by Gasteiger charge is -2.22. The van der Waals surface area contributed by atoms with Gasteiger partial charge in [0.25, 0.3) is 0 Å². The Kier molecular flexibility index (Phi) is 30.3. The summed E-state index contributed by atoms with van der Waals surface area (Å²) < 4.78 is 6.17. The summed E-state index contributed by atoms with van der Waals surface area (Å²) in [7, 11) is 0. The Morgan fingerprint density at radius 3 is 1.32 bits per heavy atom. The van der Waals surface area contributed by atoms with E-state index in [-0.39, 0.29) is 12.7 Å². The molecule has 37 heavy (non-hydrogen) atoms. The molecule has 224 valence electrons. The predicted octanol–water partition coefficient (Wildman–Crippen LogP) is 9.41. The first-order chi connectivity index (χ1) is 18.2. The highest BCUT2D eigenvalue weighted by Crippen LogP contribution is 2.19. The molecule has 0 spiro atoms. The Balaban J connectivity index is 4.04. The van der Waals surface area contributed by atoms with Gasteiger partial charge in [-0.2, -0.15) is 0 Å². The maximum Gasteiger partial charge on any atom is 0.154 e. The average molecular weight is 528 g/mol. The van der Waals surface area contributed by atoms with Gasteiger partial charge in [0.1, 0.15) is 0 Å². The molecule has 0 aliphatic rings. The highest BCUT2D eigenvalue weighted by molar-refractivity contribution is 4.63. The molecule has 0 aromatic rings. The molecule has 0 aromatic carbocycles. The lowest BCUT2D eigenvalue weighted by molar-refractivity contribution is -0.144. The van der Waals surface area contributed by atoms with Crippen LogP contribution in [-0.2, 0) is 4.74 Å². The first kappa shape index (κ1) is 36.8. The third kappa shape index (κ3) is 27.2. The van der Waals surface area contributed by atoms with E-state index in [1.807, 2.05) is 0 Å². The van der Waals surface area contributed by atoms with Gasteiger partial charge in [-0.3, -0.25) is 0 Å². The summed E-state index contributed by atoms with van der Waals surface area (Å²) in [6.45, 7) is 10.1. The lowest BCUT2D eigenvalue weighted by Crippen LogP contribution is -2.29. The van der Waals surface area contributed by atoms with Crippen molar-refractivity contribution in [3.05, 3.63) is 0 Å². The van der Waals surface area contributed by atoms with Crippen molar-refractivity contribution in [3.63, 3.8) is 0 Å². The number of hydrogen-bond donors (Lipinski definition) is 2. The molecule has 0 amide bonds. The van der Waals surface area contributed by atoms with Gasteiger partial charge in [0.15, 0.2) is 6.29 Å². The molecular weight excluding hydrogens is 458 g/mol. The fourth-order valence-corrected chi connectivity index (χ4v) is 5.30. The molecule has 0 aliphatic carbocycles. The van der Waals surface area contributed by atoms with Crippen LogP contribution in [0.5, 0.6) is 0 Å². The zero-order valence-electron chi connectivity index (χ0n) is 25.7. The molecule has 0 fully saturated rings. The van der Waals surface area contributed by atoms with Gasteiger partial charge in [-0.05, 0) is 51.6 Å². The van der Waals surface area contributed by atoms with Crippen LogP contribution in [0.4, 0.5) is 0 Å². The number of aliphatic hydroxyl groups is 2. The maximum atomic E-state index is 10.6. The minimum absolute atomic E-state index is 0.238. The second-order valence-electron chi connectivity index (χ2n) is 11.5. The Hall–Kier alpha value is -0.160. The zero-order valence-corrected chi connectivity index (χ0v) is 25.7. The smallest absolute Gasteiger partial charge is 0.154 e. The summed E-state index contributed by atoms with van der Waals surface area (Å²) in [5.41, 5.74) is 0. The van der Waals surface area contributed by atoms with Crippen LogP contribution < -0.4 is 0 Å². The van der Waals surface area contributed by atoms with E-state index in [4.69, 9.17) is 4.74 Å². The third-order valence-electron chi connectivity index (χ3n) is 7.78. The van der Waals surface area contributed by atoms with Crippen molar-refractivity contribution in [2.24, 2.45) is 0 Å². The first-order valence-electron chi connectivity index (χ1n) is 16.8. The van der Waals surface area contributed by atoms with Crippen LogP contribution in [0.15, 0.2) is 0 Å². The Bertz CT molecular complexity index is 404. The van der Waals surface area contributed by atoms with Crippen molar-refractivity contribution in [1.29, 1.82) is 0 Å². The summed E-state index contributed by atoms with van der Waals surface area (Å²) >= 11 is 0. The van der Waals surface area contributed by atoms with E-state index in [0.29, 0.717) is 0 Å². The summed E-state index contributed by atoms with van der Waals surface area (Å²) in [6, 6.07) is 0. The van der Waals surface area contributed by atoms with Gasteiger partial charge in [-0.1, -0.05) is 136 Å². The molecule has 0 saturated carbocycles. The molecule has 0 aliphatic heterocycles. The number of rotatable bonds is 31. The predicted molar refractivity (Wildman–Crippen MR) is 162 cm³/mol. The molecule has 4 nitrogen and oxygen atoms in total. The molecule has 0 aromatic heterocycles. The fraction of sp³-hybridized carbons (Fsp3) is 1.00. The molecule has 0 saturated heterocycles. The molecule has 0 bridgehead atoms. The normalized spacial score (nSPS) is 12.7. The van der Waals surface area contributed by atoms with Gasteiger partial charge in [0, 0.05) is 6.54 Å². The number of ether oxygens (including phenoxy) is 1. The van der Waals surface area contributed by atoms with Gasteiger partial charge < -0.3 is 19.8 Å². The van der Waals surface area contributed by atoms with Gasteiger partial charge >= 0.3 is 0 Å². The number of nitrogens with zero attached hydrogens (tertiary/aromatic N) is 1. The quantitative estimate of drug-likeness (QED) is 0.0696. The first-order valence-corrected chi connectivity index (χ1v) is 16.8. The second-order valence-corrected chi connectivity index (χ2v) is 11.5. The fourth-order valence-electron chi connectivity index (χ4n) is 5.30. The van der Waals surface area contributed by atoms with Crippen molar-refractivity contribution < 1.29 is 14.9 Å². The zero-order chi connectivity index (χ0) is 27.2. The van der Waals surface area contributed by atoms with Gasteiger partial charge in [0.2, 0.25) is 0 Å². The van der Waals surface area contributed by atoms with E-state index in [1.165, 1.54) is 128 Å². The SMILES string of the molecule is CCCCCCCCC(CCCCCCCC)OC(O)CCCCCCCN(CCO)CCCCCC. The largest absolute Gasteiger partial charge is 0.395 e. The van der Waals surface area contributed by atoms with Crippen molar-refractivity contribution in [2.75, 3.05) is 26.2 Å². The molecule has 1 atom stereocenters. The summed E-state index contributed by atoms with van der Waals surface area (Å²) in [5, 5.41) is 19.9. The highest BCUT2D eigenvalue weighted by atomic mass is 16.6. The molecule has 0 heterocycles. The molecule has 4 heteroatoms.